The molecule has 0 fully saturated rings. The number of ether oxygens (including phenoxy) is 1. The maximum absolute atomic E-state index is 12.8. The van der Waals surface area contributed by atoms with Crippen molar-refractivity contribution in [3.05, 3.63) is 66.6 Å². The highest BCUT2D eigenvalue weighted by atomic mass is 32.1. The van der Waals surface area contributed by atoms with Crippen LogP contribution in [0.25, 0.3) is 0 Å². The molecule has 3 rings (SSSR count). The third-order valence-electron chi connectivity index (χ3n) is 3.63. The molecule has 1 heterocycles. The quantitative estimate of drug-likeness (QED) is 0.512. The lowest BCUT2D eigenvalue weighted by Gasteiger charge is -2.20. The summed E-state index contributed by atoms with van der Waals surface area (Å²) in [5.41, 5.74) is 1.61. The second-order valence-electron chi connectivity index (χ2n) is 5.09. The van der Waals surface area contributed by atoms with Crippen LogP contribution in [0.4, 0.5) is 11.4 Å². The summed E-state index contributed by atoms with van der Waals surface area (Å²) >= 11 is 9.32. The number of hydrogen-bond acceptors (Lipinski definition) is 4. The molecule has 0 unspecified atom stereocenters. The molecular weight excluding hydrogens is 340 g/mol. The van der Waals surface area contributed by atoms with E-state index in [0.717, 1.165) is 11.4 Å². The molecule has 2 aromatic carbocycles. The fraction of sp³-hybridized carbons (Fsp3) is 0.111. The molecule has 0 saturated carbocycles. The predicted molar refractivity (Wildman–Crippen MR) is 104 cm³/mol. The first-order chi connectivity index (χ1) is 11.6. The van der Waals surface area contributed by atoms with Crippen LogP contribution in [0.15, 0.2) is 66.6 Å². The van der Waals surface area contributed by atoms with Gasteiger partial charge in [-0.15, -0.1) is 12.6 Å². The number of carbonyl (C=O) groups is 1. The molecule has 0 bridgehead atoms. The molecule has 0 aromatic heterocycles. The summed E-state index contributed by atoms with van der Waals surface area (Å²) in [5.74, 6) is 0.912. The Bertz CT molecular complexity index is 806. The number of amides is 1. The first kappa shape index (κ1) is 16.5. The van der Waals surface area contributed by atoms with Gasteiger partial charge in [-0.1, -0.05) is 42.5 Å². The van der Waals surface area contributed by atoms with Crippen molar-refractivity contribution >= 4 is 46.4 Å². The van der Waals surface area contributed by atoms with Crippen LogP contribution in [0.1, 0.15) is 6.92 Å². The Morgan fingerprint density at radius 1 is 1.21 bits per heavy atom. The summed E-state index contributed by atoms with van der Waals surface area (Å²) in [6, 6.07) is 16.8. The minimum absolute atomic E-state index is 0.182. The minimum atomic E-state index is -0.303. The van der Waals surface area contributed by atoms with Crippen molar-refractivity contribution < 1.29 is 9.53 Å². The molecule has 0 aliphatic carbocycles. The lowest BCUT2D eigenvalue weighted by molar-refractivity contribution is -0.113. The number of rotatable bonds is 3. The van der Waals surface area contributed by atoms with E-state index in [1.165, 1.54) is 11.0 Å². The lowest BCUT2D eigenvalue weighted by Crippen LogP contribution is -2.33. The summed E-state index contributed by atoms with van der Waals surface area (Å²) in [6.07, 6.45) is 1.44. The Morgan fingerprint density at radius 2 is 1.88 bits per heavy atom. The number of para-hydroxylation sites is 3. The number of nitrogens with zero attached hydrogens (tertiary/aromatic N) is 2. The molecule has 24 heavy (non-hydrogen) atoms. The molecule has 1 aliphatic rings. The van der Waals surface area contributed by atoms with E-state index >= 15 is 0 Å². The van der Waals surface area contributed by atoms with Crippen molar-refractivity contribution in [3.63, 3.8) is 0 Å². The molecule has 6 heteroatoms. The number of fused-ring (bicyclic) bond motifs is 1. The summed E-state index contributed by atoms with van der Waals surface area (Å²) < 4.78 is 6.00. The molecule has 0 spiro atoms. The number of carbonyl (C=O) groups excluding carboxylic acids is 1. The molecule has 4 nitrogen and oxygen atoms in total. The molecule has 2 aromatic rings. The molecule has 122 valence electrons. The van der Waals surface area contributed by atoms with Gasteiger partial charge in [0.05, 0.1) is 17.5 Å². The van der Waals surface area contributed by atoms with Gasteiger partial charge in [-0.25, -0.2) is 0 Å². The number of thiocarbonyl (C=S) groups is 1. The monoisotopic (exact) mass is 356 g/mol. The molecule has 0 N–H and O–H groups in total. The van der Waals surface area contributed by atoms with Gasteiger partial charge in [0, 0.05) is 6.54 Å². The van der Waals surface area contributed by atoms with E-state index in [1.807, 2.05) is 54.3 Å². The molecule has 0 saturated heterocycles. The van der Waals surface area contributed by atoms with Gasteiger partial charge in [-0.05, 0) is 31.2 Å². The number of thiol groups is 1. The van der Waals surface area contributed by atoms with Crippen LogP contribution >= 0.6 is 24.8 Å². The van der Waals surface area contributed by atoms with Gasteiger partial charge < -0.3 is 9.64 Å². The topological polar surface area (TPSA) is 32.8 Å². The van der Waals surface area contributed by atoms with Crippen molar-refractivity contribution in [2.24, 2.45) is 0 Å². The molecule has 0 atom stereocenters. The molecule has 0 radical (unpaired) electrons. The first-order valence-electron chi connectivity index (χ1n) is 7.50. The van der Waals surface area contributed by atoms with E-state index in [2.05, 4.69) is 12.6 Å². The Morgan fingerprint density at radius 3 is 2.54 bits per heavy atom. The van der Waals surface area contributed by atoms with E-state index < -0.39 is 0 Å². The Labute approximate surface area is 151 Å². The lowest BCUT2D eigenvalue weighted by atomic mass is 10.3. The van der Waals surface area contributed by atoms with Crippen molar-refractivity contribution in [2.75, 3.05) is 16.3 Å². The highest BCUT2D eigenvalue weighted by Gasteiger charge is 2.27. The fourth-order valence-electron chi connectivity index (χ4n) is 2.57. The number of benzene rings is 2. The van der Waals surface area contributed by atoms with Crippen LogP contribution in [0.5, 0.6) is 5.75 Å². The van der Waals surface area contributed by atoms with Gasteiger partial charge in [-0.3, -0.25) is 9.69 Å². The molecule has 1 amide bonds. The smallest absolute Gasteiger partial charge is 0.261 e. The normalized spacial score (nSPS) is 14.2. The second-order valence-corrected chi connectivity index (χ2v) is 6.20. The summed E-state index contributed by atoms with van der Waals surface area (Å²) in [5, 5.41) is 0. The van der Waals surface area contributed by atoms with Crippen molar-refractivity contribution in [2.45, 2.75) is 6.92 Å². The van der Waals surface area contributed by atoms with Crippen molar-refractivity contribution in [1.29, 1.82) is 0 Å². The third-order valence-corrected chi connectivity index (χ3v) is 4.01. The van der Waals surface area contributed by atoms with Gasteiger partial charge >= 0.3 is 0 Å². The Hall–Kier alpha value is -2.31. The summed E-state index contributed by atoms with van der Waals surface area (Å²) in [6.45, 7) is 2.69. The number of anilines is 2. The number of hydrogen-bond donors (Lipinski definition) is 1. The highest BCUT2D eigenvalue weighted by Crippen LogP contribution is 2.38. The largest absolute Gasteiger partial charge is 0.438 e. The van der Waals surface area contributed by atoms with Crippen LogP contribution in [0, 0.1) is 0 Å². The standard InChI is InChI=1S/C18H16N2O2S2/c1-2-19-14-10-6-7-11-15(14)22-17(19)12-16(21)20(18(23)24)13-8-4-3-5-9-13/h3-12H,2H2,1H3,(H,23,24)/b17-12+. The predicted octanol–water partition coefficient (Wildman–Crippen LogP) is 3.99. The summed E-state index contributed by atoms with van der Waals surface area (Å²) in [4.78, 5) is 16.1. The van der Waals surface area contributed by atoms with E-state index in [9.17, 15) is 4.79 Å². The van der Waals surface area contributed by atoms with Crippen LogP contribution in [-0.2, 0) is 4.79 Å². The van der Waals surface area contributed by atoms with Gasteiger partial charge in [0.1, 0.15) is 4.32 Å². The molecule has 1 aliphatic heterocycles. The van der Waals surface area contributed by atoms with Gasteiger partial charge in [-0.2, -0.15) is 0 Å². The van der Waals surface area contributed by atoms with Gasteiger partial charge in [0.2, 0.25) is 5.88 Å². The Kier molecular flexibility index (Phi) is 4.87. The Balaban J connectivity index is 1.93. The zero-order valence-corrected chi connectivity index (χ0v) is 14.8. The zero-order chi connectivity index (χ0) is 17.1. The SMILES string of the molecule is CCN1/C(=C\C(=O)N(C(=S)S)c2ccccc2)Oc2ccccc21. The minimum Gasteiger partial charge on any atom is -0.438 e. The van der Waals surface area contributed by atoms with Crippen molar-refractivity contribution in [1.82, 2.24) is 0 Å². The van der Waals surface area contributed by atoms with E-state index in [0.29, 0.717) is 18.1 Å². The molecular formula is C18H16N2O2S2. The highest BCUT2D eigenvalue weighted by molar-refractivity contribution is 8.11. The maximum atomic E-state index is 12.8. The average Bonchev–Trinajstić information content (AvgIpc) is 2.92. The maximum Gasteiger partial charge on any atom is 0.261 e. The van der Waals surface area contributed by atoms with Crippen LogP contribution < -0.4 is 14.5 Å². The van der Waals surface area contributed by atoms with Crippen LogP contribution in [0.2, 0.25) is 0 Å². The van der Waals surface area contributed by atoms with Crippen LogP contribution in [0.3, 0.4) is 0 Å². The zero-order valence-electron chi connectivity index (χ0n) is 13.0. The van der Waals surface area contributed by atoms with Crippen molar-refractivity contribution in [3.8, 4) is 5.75 Å². The van der Waals surface area contributed by atoms with E-state index in [1.54, 1.807) is 12.1 Å². The fourth-order valence-corrected chi connectivity index (χ4v) is 2.98. The second kappa shape index (κ2) is 7.07. The van der Waals surface area contributed by atoms with Gasteiger partial charge in [0.25, 0.3) is 5.91 Å². The summed E-state index contributed by atoms with van der Waals surface area (Å²) in [7, 11) is 0. The van der Waals surface area contributed by atoms with E-state index in [-0.39, 0.29) is 10.2 Å². The average molecular weight is 356 g/mol. The third kappa shape index (κ3) is 3.16. The first-order valence-corrected chi connectivity index (χ1v) is 8.35. The van der Waals surface area contributed by atoms with Crippen LogP contribution in [-0.4, -0.2) is 16.8 Å². The van der Waals surface area contributed by atoms with Gasteiger partial charge in [0.15, 0.2) is 5.75 Å². The van der Waals surface area contributed by atoms with E-state index in [4.69, 9.17) is 17.0 Å².